The van der Waals surface area contributed by atoms with Gasteiger partial charge < -0.3 is 15.0 Å². The second-order valence-corrected chi connectivity index (χ2v) is 6.75. The maximum Gasteiger partial charge on any atom is 0.387 e. The van der Waals surface area contributed by atoms with Gasteiger partial charge in [-0.05, 0) is 67.1 Å². The van der Waals surface area contributed by atoms with Gasteiger partial charge in [-0.25, -0.2) is 0 Å². The average Bonchev–Trinajstić information content (AvgIpc) is 3.04. The Labute approximate surface area is 155 Å². The zero-order chi connectivity index (χ0) is 18.8. The summed E-state index contributed by atoms with van der Waals surface area (Å²) in [5.41, 5.74) is 5.13. The first kappa shape index (κ1) is 17.5. The molecule has 140 valence electrons. The Hall–Kier alpha value is -2.89. The standard InChI is InChI=1S/C21H20F2N2O2/c22-21(23)27-15-8-5-13(6-9-15)12-24-20(26)14-7-10-19-17(11-14)16-3-1-2-4-18(16)25-19/h5-11,21,25H,1-4,12H2,(H,24,26). The molecule has 4 nitrogen and oxygen atoms in total. The Bertz CT molecular complexity index is 964. The van der Waals surface area contributed by atoms with Gasteiger partial charge >= 0.3 is 6.61 Å². The summed E-state index contributed by atoms with van der Waals surface area (Å²) in [6.07, 6.45) is 4.50. The molecule has 0 atom stereocenters. The molecule has 4 rings (SSSR count). The zero-order valence-electron chi connectivity index (χ0n) is 14.7. The lowest BCUT2D eigenvalue weighted by Gasteiger charge is -2.11. The minimum absolute atomic E-state index is 0.0998. The van der Waals surface area contributed by atoms with E-state index in [1.165, 1.54) is 36.2 Å². The lowest BCUT2D eigenvalue weighted by atomic mass is 9.95. The van der Waals surface area contributed by atoms with Crippen molar-refractivity contribution in [1.29, 1.82) is 0 Å². The molecule has 0 bridgehead atoms. The van der Waals surface area contributed by atoms with E-state index in [0.29, 0.717) is 12.1 Å². The van der Waals surface area contributed by atoms with Crippen LogP contribution in [0, 0.1) is 0 Å². The molecule has 0 unspecified atom stereocenters. The molecule has 6 heteroatoms. The van der Waals surface area contributed by atoms with E-state index in [-0.39, 0.29) is 11.7 Å². The number of halogens is 2. The number of H-pyrrole nitrogens is 1. The summed E-state index contributed by atoms with van der Waals surface area (Å²) in [6.45, 7) is -2.53. The number of rotatable bonds is 5. The number of carbonyl (C=O) groups is 1. The SMILES string of the molecule is O=C(NCc1ccc(OC(F)F)cc1)c1ccc2[nH]c3c(c2c1)CCCC3. The first-order valence-corrected chi connectivity index (χ1v) is 9.05. The Morgan fingerprint density at radius 1 is 1.11 bits per heavy atom. The van der Waals surface area contributed by atoms with Crippen molar-refractivity contribution in [3.8, 4) is 5.75 Å². The van der Waals surface area contributed by atoms with E-state index in [9.17, 15) is 13.6 Å². The molecule has 27 heavy (non-hydrogen) atoms. The number of ether oxygens (including phenoxy) is 1. The van der Waals surface area contributed by atoms with Crippen molar-refractivity contribution < 1.29 is 18.3 Å². The third kappa shape index (κ3) is 3.79. The van der Waals surface area contributed by atoms with Crippen LogP contribution in [-0.2, 0) is 19.4 Å². The van der Waals surface area contributed by atoms with Crippen LogP contribution in [0.5, 0.6) is 5.75 Å². The molecule has 1 heterocycles. The van der Waals surface area contributed by atoms with Crippen molar-refractivity contribution in [3.63, 3.8) is 0 Å². The molecule has 0 saturated carbocycles. The van der Waals surface area contributed by atoms with Gasteiger partial charge in [-0.2, -0.15) is 8.78 Å². The Morgan fingerprint density at radius 3 is 2.67 bits per heavy atom. The maximum atomic E-state index is 12.5. The molecule has 2 N–H and O–H groups in total. The fourth-order valence-electron chi connectivity index (χ4n) is 3.62. The average molecular weight is 370 g/mol. The van der Waals surface area contributed by atoms with Gasteiger partial charge in [0.05, 0.1) is 0 Å². The van der Waals surface area contributed by atoms with Crippen molar-refractivity contribution in [2.45, 2.75) is 38.8 Å². The number of aromatic nitrogens is 1. The molecule has 1 aromatic heterocycles. The summed E-state index contributed by atoms with van der Waals surface area (Å²) in [4.78, 5) is 16.0. The first-order chi connectivity index (χ1) is 13.1. The predicted molar refractivity (Wildman–Crippen MR) is 99.2 cm³/mol. The van der Waals surface area contributed by atoms with Gasteiger partial charge in [0, 0.05) is 28.7 Å². The number of fused-ring (bicyclic) bond motifs is 3. The van der Waals surface area contributed by atoms with Crippen molar-refractivity contribution >= 4 is 16.8 Å². The van der Waals surface area contributed by atoms with Crippen LogP contribution < -0.4 is 10.1 Å². The molecule has 0 radical (unpaired) electrons. The predicted octanol–water partition coefficient (Wildman–Crippen LogP) is 4.58. The number of hydrogen-bond acceptors (Lipinski definition) is 2. The number of alkyl halides is 2. The Kier molecular flexibility index (Phi) is 4.79. The van der Waals surface area contributed by atoms with E-state index >= 15 is 0 Å². The number of aromatic amines is 1. The van der Waals surface area contributed by atoms with Crippen LogP contribution >= 0.6 is 0 Å². The summed E-state index contributed by atoms with van der Waals surface area (Å²) >= 11 is 0. The smallest absolute Gasteiger partial charge is 0.387 e. The van der Waals surface area contributed by atoms with Gasteiger partial charge in [-0.3, -0.25) is 4.79 Å². The summed E-state index contributed by atoms with van der Waals surface area (Å²) in [5, 5.41) is 4.00. The quantitative estimate of drug-likeness (QED) is 0.691. The number of benzene rings is 2. The normalized spacial score (nSPS) is 13.6. The van der Waals surface area contributed by atoms with E-state index < -0.39 is 6.61 Å². The lowest BCUT2D eigenvalue weighted by molar-refractivity contribution is -0.0498. The van der Waals surface area contributed by atoms with Crippen molar-refractivity contribution in [2.24, 2.45) is 0 Å². The van der Waals surface area contributed by atoms with Gasteiger partial charge in [0.2, 0.25) is 0 Å². The van der Waals surface area contributed by atoms with E-state index in [0.717, 1.165) is 29.3 Å². The third-order valence-corrected chi connectivity index (χ3v) is 4.96. The lowest BCUT2D eigenvalue weighted by Crippen LogP contribution is -2.22. The van der Waals surface area contributed by atoms with Gasteiger partial charge in [-0.1, -0.05) is 12.1 Å². The fourth-order valence-corrected chi connectivity index (χ4v) is 3.62. The second-order valence-electron chi connectivity index (χ2n) is 6.75. The topological polar surface area (TPSA) is 54.1 Å². The number of carbonyl (C=O) groups excluding carboxylic acids is 1. The van der Waals surface area contributed by atoms with Gasteiger partial charge in [0.15, 0.2) is 0 Å². The highest BCUT2D eigenvalue weighted by molar-refractivity contribution is 5.99. The van der Waals surface area contributed by atoms with Crippen LogP contribution in [0.25, 0.3) is 10.9 Å². The fraction of sp³-hybridized carbons (Fsp3) is 0.286. The van der Waals surface area contributed by atoms with Crippen LogP contribution in [0.2, 0.25) is 0 Å². The zero-order valence-corrected chi connectivity index (χ0v) is 14.7. The molecule has 1 amide bonds. The minimum atomic E-state index is -2.84. The van der Waals surface area contributed by atoms with E-state index in [1.807, 2.05) is 18.2 Å². The Morgan fingerprint density at radius 2 is 1.89 bits per heavy atom. The van der Waals surface area contributed by atoms with E-state index in [2.05, 4.69) is 15.0 Å². The van der Waals surface area contributed by atoms with Crippen molar-refractivity contribution in [1.82, 2.24) is 10.3 Å². The van der Waals surface area contributed by atoms with Crippen LogP contribution in [-0.4, -0.2) is 17.5 Å². The van der Waals surface area contributed by atoms with E-state index in [4.69, 9.17) is 0 Å². The molecule has 1 aliphatic rings. The van der Waals surface area contributed by atoms with Gasteiger partial charge in [-0.15, -0.1) is 0 Å². The van der Waals surface area contributed by atoms with Crippen LogP contribution in [0.15, 0.2) is 42.5 Å². The highest BCUT2D eigenvalue weighted by Gasteiger charge is 2.16. The number of amides is 1. The summed E-state index contributed by atoms with van der Waals surface area (Å²) < 4.78 is 28.7. The van der Waals surface area contributed by atoms with E-state index in [1.54, 1.807) is 12.1 Å². The van der Waals surface area contributed by atoms with Gasteiger partial charge in [0.25, 0.3) is 5.91 Å². The third-order valence-electron chi connectivity index (χ3n) is 4.96. The van der Waals surface area contributed by atoms with Crippen molar-refractivity contribution in [2.75, 3.05) is 0 Å². The maximum absolute atomic E-state index is 12.5. The van der Waals surface area contributed by atoms with Crippen LogP contribution in [0.1, 0.15) is 40.0 Å². The molecule has 2 aromatic carbocycles. The molecule has 0 saturated heterocycles. The number of aryl methyl sites for hydroxylation is 2. The minimum Gasteiger partial charge on any atom is -0.435 e. The molecule has 0 aliphatic heterocycles. The largest absolute Gasteiger partial charge is 0.435 e. The molecular formula is C21H20F2N2O2. The molecule has 1 aliphatic carbocycles. The molecular weight excluding hydrogens is 350 g/mol. The first-order valence-electron chi connectivity index (χ1n) is 9.05. The highest BCUT2D eigenvalue weighted by atomic mass is 19.3. The molecule has 0 spiro atoms. The summed E-state index contributed by atoms with van der Waals surface area (Å²) in [6, 6.07) is 12.0. The summed E-state index contributed by atoms with van der Waals surface area (Å²) in [7, 11) is 0. The van der Waals surface area contributed by atoms with Crippen molar-refractivity contribution in [3.05, 3.63) is 64.8 Å². The highest BCUT2D eigenvalue weighted by Crippen LogP contribution is 2.29. The second kappa shape index (κ2) is 7.39. The number of hydrogen-bond donors (Lipinski definition) is 2. The molecule has 3 aromatic rings. The van der Waals surface area contributed by atoms with Gasteiger partial charge in [0.1, 0.15) is 5.75 Å². The van der Waals surface area contributed by atoms with Crippen LogP contribution in [0.4, 0.5) is 8.78 Å². The van der Waals surface area contributed by atoms with Crippen LogP contribution in [0.3, 0.4) is 0 Å². The number of nitrogens with one attached hydrogen (secondary N) is 2. The Balaban J connectivity index is 1.45. The monoisotopic (exact) mass is 370 g/mol. The molecule has 0 fully saturated rings. The summed E-state index contributed by atoms with van der Waals surface area (Å²) in [5.74, 6) is -0.0571.